The molecule has 2 aromatic rings. The van der Waals surface area contributed by atoms with Gasteiger partial charge in [-0.05, 0) is 34.9 Å². The molecule has 0 aliphatic carbocycles. The molecule has 0 aromatic heterocycles. The number of benzene rings is 2. The maximum absolute atomic E-state index is 3.42. The summed E-state index contributed by atoms with van der Waals surface area (Å²) in [6.07, 6.45) is 0.982. The molecule has 0 amide bonds. The molecule has 2 rings (SSSR count). The topological polar surface area (TPSA) is 12.0 Å². The summed E-state index contributed by atoms with van der Waals surface area (Å²) in [4.78, 5) is 0. The standard InChI is InChI=1S/C19H25N/c1-14(2)15(3)18-12-8-11-17(19(18)20-4)13-16-9-6-5-7-10-16/h5-12,14-15,20H,13H2,1-4H3. The van der Waals surface area contributed by atoms with Gasteiger partial charge >= 0.3 is 0 Å². The van der Waals surface area contributed by atoms with Gasteiger partial charge in [-0.2, -0.15) is 0 Å². The van der Waals surface area contributed by atoms with Gasteiger partial charge in [0.2, 0.25) is 0 Å². The molecule has 1 nitrogen and oxygen atoms in total. The van der Waals surface area contributed by atoms with E-state index in [1.54, 1.807) is 0 Å². The van der Waals surface area contributed by atoms with Gasteiger partial charge < -0.3 is 5.32 Å². The first-order valence-corrected chi connectivity index (χ1v) is 7.47. The second-order valence-corrected chi connectivity index (χ2v) is 5.83. The summed E-state index contributed by atoms with van der Waals surface area (Å²) in [6.45, 7) is 6.88. The Bertz CT molecular complexity index is 543. The Labute approximate surface area is 123 Å². The second kappa shape index (κ2) is 6.60. The van der Waals surface area contributed by atoms with E-state index >= 15 is 0 Å². The van der Waals surface area contributed by atoms with Crippen molar-refractivity contribution in [2.75, 3.05) is 12.4 Å². The van der Waals surface area contributed by atoms with E-state index in [1.165, 1.54) is 22.4 Å². The van der Waals surface area contributed by atoms with Crippen molar-refractivity contribution in [1.29, 1.82) is 0 Å². The smallest absolute Gasteiger partial charge is 0.0408 e. The number of hydrogen-bond acceptors (Lipinski definition) is 1. The van der Waals surface area contributed by atoms with Gasteiger partial charge in [0.15, 0.2) is 0 Å². The minimum atomic E-state index is 0.563. The summed E-state index contributed by atoms with van der Waals surface area (Å²) in [5.74, 6) is 1.21. The van der Waals surface area contributed by atoms with Crippen LogP contribution in [0.3, 0.4) is 0 Å². The lowest BCUT2D eigenvalue weighted by molar-refractivity contribution is 0.536. The Balaban J connectivity index is 2.36. The van der Waals surface area contributed by atoms with Crippen LogP contribution in [0.1, 0.15) is 43.4 Å². The highest BCUT2D eigenvalue weighted by molar-refractivity contribution is 5.60. The molecule has 20 heavy (non-hydrogen) atoms. The maximum Gasteiger partial charge on any atom is 0.0408 e. The van der Waals surface area contributed by atoms with E-state index in [-0.39, 0.29) is 0 Å². The zero-order valence-electron chi connectivity index (χ0n) is 13.0. The van der Waals surface area contributed by atoms with Crippen molar-refractivity contribution < 1.29 is 0 Å². The Kier molecular flexibility index (Phi) is 4.84. The summed E-state index contributed by atoms with van der Waals surface area (Å²) in [6, 6.07) is 17.3. The molecular weight excluding hydrogens is 242 g/mol. The molecule has 0 fully saturated rings. The van der Waals surface area contributed by atoms with Crippen molar-refractivity contribution in [2.24, 2.45) is 5.92 Å². The van der Waals surface area contributed by atoms with Gasteiger partial charge in [-0.25, -0.2) is 0 Å². The van der Waals surface area contributed by atoms with E-state index in [2.05, 4.69) is 74.6 Å². The zero-order chi connectivity index (χ0) is 14.5. The zero-order valence-corrected chi connectivity index (χ0v) is 13.0. The Morgan fingerprint density at radius 2 is 1.60 bits per heavy atom. The highest BCUT2D eigenvalue weighted by Crippen LogP contribution is 2.33. The fourth-order valence-electron chi connectivity index (χ4n) is 2.63. The van der Waals surface area contributed by atoms with E-state index in [1.807, 2.05) is 7.05 Å². The van der Waals surface area contributed by atoms with E-state index in [0.717, 1.165) is 6.42 Å². The minimum Gasteiger partial charge on any atom is -0.388 e. The monoisotopic (exact) mass is 267 g/mol. The Morgan fingerprint density at radius 1 is 0.900 bits per heavy atom. The average Bonchev–Trinajstić information content (AvgIpc) is 2.47. The molecule has 106 valence electrons. The van der Waals surface area contributed by atoms with Crippen molar-refractivity contribution in [3.8, 4) is 0 Å². The molecule has 1 heteroatoms. The summed E-state index contributed by atoms with van der Waals surface area (Å²) in [5, 5.41) is 3.42. The first-order valence-electron chi connectivity index (χ1n) is 7.47. The van der Waals surface area contributed by atoms with Gasteiger partial charge in [-0.1, -0.05) is 69.3 Å². The van der Waals surface area contributed by atoms with Crippen LogP contribution in [0.5, 0.6) is 0 Å². The fourth-order valence-corrected chi connectivity index (χ4v) is 2.63. The van der Waals surface area contributed by atoms with Crippen LogP contribution in [0, 0.1) is 5.92 Å². The molecule has 0 radical (unpaired) electrons. The Morgan fingerprint density at radius 3 is 2.20 bits per heavy atom. The van der Waals surface area contributed by atoms with Gasteiger partial charge in [-0.3, -0.25) is 0 Å². The third-order valence-corrected chi connectivity index (χ3v) is 4.16. The first-order chi connectivity index (χ1) is 9.63. The van der Waals surface area contributed by atoms with Gasteiger partial charge in [0.1, 0.15) is 0 Å². The number of nitrogens with one attached hydrogen (secondary N) is 1. The molecule has 0 saturated carbocycles. The van der Waals surface area contributed by atoms with Crippen LogP contribution >= 0.6 is 0 Å². The quantitative estimate of drug-likeness (QED) is 0.796. The minimum absolute atomic E-state index is 0.563. The molecule has 2 aromatic carbocycles. The lowest BCUT2D eigenvalue weighted by atomic mass is 9.87. The third-order valence-electron chi connectivity index (χ3n) is 4.16. The van der Waals surface area contributed by atoms with E-state index in [4.69, 9.17) is 0 Å². The van der Waals surface area contributed by atoms with Crippen molar-refractivity contribution in [3.05, 3.63) is 65.2 Å². The van der Waals surface area contributed by atoms with Crippen molar-refractivity contribution >= 4 is 5.69 Å². The number of rotatable bonds is 5. The lowest BCUT2D eigenvalue weighted by Gasteiger charge is -2.22. The van der Waals surface area contributed by atoms with Gasteiger partial charge in [0, 0.05) is 12.7 Å². The van der Waals surface area contributed by atoms with E-state index < -0.39 is 0 Å². The molecule has 1 atom stereocenters. The molecule has 0 heterocycles. The molecule has 0 aliphatic rings. The number of para-hydroxylation sites is 1. The van der Waals surface area contributed by atoms with Crippen molar-refractivity contribution in [3.63, 3.8) is 0 Å². The first kappa shape index (κ1) is 14.6. The SMILES string of the molecule is CNc1c(Cc2ccccc2)cccc1C(C)C(C)C. The Hall–Kier alpha value is -1.76. The predicted molar refractivity (Wildman–Crippen MR) is 88.5 cm³/mol. The molecule has 0 bridgehead atoms. The largest absolute Gasteiger partial charge is 0.388 e. The maximum atomic E-state index is 3.42. The number of anilines is 1. The van der Waals surface area contributed by atoms with E-state index in [0.29, 0.717) is 11.8 Å². The molecule has 0 spiro atoms. The van der Waals surface area contributed by atoms with Crippen LogP contribution in [0.2, 0.25) is 0 Å². The summed E-state index contributed by atoms with van der Waals surface area (Å²) in [5.41, 5.74) is 5.47. The second-order valence-electron chi connectivity index (χ2n) is 5.83. The molecule has 0 saturated heterocycles. The highest BCUT2D eigenvalue weighted by Gasteiger charge is 2.16. The number of hydrogen-bond donors (Lipinski definition) is 1. The molecular formula is C19H25N. The van der Waals surface area contributed by atoms with Crippen LogP contribution in [0.4, 0.5) is 5.69 Å². The molecule has 1 unspecified atom stereocenters. The summed E-state index contributed by atoms with van der Waals surface area (Å²) in [7, 11) is 2.03. The van der Waals surface area contributed by atoms with Crippen LogP contribution in [-0.2, 0) is 6.42 Å². The predicted octanol–water partition coefficient (Wildman–Crippen LogP) is 5.08. The normalized spacial score (nSPS) is 12.4. The van der Waals surface area contributed by atoms with Gasteiger partial charge in [0.05, 0.1) is 0 Å². The van der Waals surface area contributed by atoms with E-state index in [9.17, 15) is 0 Å². The lowest BCUT2D eigenvalue weighted by Crippen LogP contribution is -2.08. The summed E-state index contributed by atoms with van der Waals surface area (Å²) >= 11 is 0. The van der Waals surface area contributed by atoms with Crippen LogP contribution < -0.4 is 5.32 Å². The third kappa shape index (κ3) is 3.22. The summed E-state index contributed by atoms with van der Waals surface area (Å²) < 4.78 is 0. The van der Waals surface area contributed by atoms with Gasteiger partial charge in [-0.15, -0.1) is 0 Å². The van der Waals surface area contributed by atoms with Gasteiger partial charge in [0.25, 0.3) is 0 Å². The highest BCUT2D eigenvalue weighted by atomic mass is 14.8. The fraction of sp³-hybridized carbons (Fsp3) is 0.368. The van der Waals surface area contributed by atoms with Crippen molar-refractivity contribution in [1.82, 2.24) is 0 Å². The average molecular weight is 267 g/mol. The van der Waals surface area contributed by atoms with Crippen molar-refractivity contribution in [2.45, 2.75) is 33.1 Å². The van der Waals surface area contributed by atoms with Crippen LogP contribution in [0.15, 0.2) is 48.5 Å². The molecule has 0 aliphatic heterocycles. The van der Waals surface area contributed by atoms with Crippen LogP contribution in [-0.4, -0.2) is 7.05 Å². The molecule has 1 N–H and O–H groups in total. The van der Waals surface area contributed by atoms with Crippen LogP contribution in [0.25, 0.3) is 0 Å².